The molecule has 140 valence electrons. The van der Waals surface area contributed by atoms with Crippen LogP contribution in [-0.4, -0.2) is 36.6 Å². The predicted octanol–water partition coefficient (Wildman–Crippen LogP) is 4.21. The number of carbonyl (C=O) groups excluding carboxylic acids is 1. The third-order valence-corrected chi connectivity index (χ3v) is 5.97. The van der Waals surface area contributed by atoms with Gasteiger partial charge in [-0.3, -0.25) is 4.90 Å². The highest BCUT2D eigenvalue weighted by atomic mass is 32.1. The number of amides is 2. The topological polar surface area (TPSA) is 44.4 Å². The van der Waals surface area contributed by atoms with Gasteiger partial charge in [0.15, 0.2) is 0 Å². The summed E-state index contributed by atoms with van der Waals surface area (Å²) in [5, 5.41) is 8.28. The van der Waals surface area contributed by atoms with Gasteiger partial charge in [0.05, 0.1) is 6.04 Å². The molecule has 0 bridgehead atoms. The number of likely N-dealkylation sites (tertiary alicyclic amines) is 1. The van der Waals surface area contributed by atoms with Crippen molar-refractivity contribution < 1.29 is 4.79 Å². The molecule has 0 aliphatic carbocycles. The SMILES string of the molecule is CC(CCc1ccccc1)NC(=O)NCC(c1cccs1)N1CCCC1. The number of thiophene rings is 1. The summed E-state index contributed by atoms with van der Waals surface area (Å²) in [5.41, 5.74) is 1.31. The molecule has 1 aromatic carbocycles. The fourth-order valence-electron chi connectivity index (χ4n) is 3.51. The van der Waals surface area contributed by atoms with Gasteiger partial charge in [-0.2, -0.15) is 0 Å². The monoisotopic (exact) mass is 371 g/mol. The van der Waals surface area contributed by atoms with E-state index < -0.39 is 0 Å². The molecule has 1 aromatic heterocycles. The van der Waals surface area contributed by atoms with Gasteiger partial charge in [0.25, 0.3) is 0 Å². The van der Waals surface area contributed by atoms with Crippen molar-refractivity contribution in [1.82, 2.24) is 15.5 Å². The van der Waals surface area contributed by atoms with Crippen molar-refractivity contribution in [3.05, 3.63) is 58.3 Å². The Morgan fingerprint density at radius 1 is 1.15 bits per heavy atom. The van der Waals surface area contributed by atoms with Gasteiger partial charge in [0, 0.05) is 17.5 Å². The van der Waals surface area contributed by atoms with Crippen LogP contribution in [0, 0.1) is 0 Å². The van der Waals surface area contributed by atoms with Crippen LogP contribution in [0.3, 0.4) is 0 Å². The summed E-state index contributed by atoms with van der Waals surface area (Å²) >= 11 is 1.78. The third kappa shape index (κ3) is 5.58. The van der Waals surface area contributed by atoms with E-state index in [0.29, 0.717) is 12.6 Å². The van der Waals surface area contributed by atoms with E-state index in [1.165, 1.54) is 23.3 Å². The molecule has 2 amide bonds. The summed E-state index contributed by atoms with van der Waals surface area (Å²) in [6, 6.07) is 15.1. The van der Waals surface area contributed by atoms with E-state index in [1.807, 2.05) is 6.07 Å². The first kappa shape index (κ1) is 18.9. The van der Waals surface area contributed by atoms with E-state index in [2.05, 4.69) is 64.2 Å². The highest BCUT2D eigenvalue weighted by Gasteiger charge is 2.24. The van der Waals surface area contributed by atoms with Crippen molar-refractivity contribution in [3.8, 4) is 0 Å². The van der Waals surface area contributed by atoms with Gasteiger partial charge in [-0.25, -0.2) is 4.79 Å². The Hall–Kier alpha value is -1.85. The van der Waals surface area contributed by atoms with Crippen LogP contribution in [-0.2, 0) is 6.42 Å². The van der Waals surface area contributed by atoms with Crippen molar-refractivity contribution in [2.75, 3.05) is 19.6 Å². The van der Waals surface area contributed by atoms with E-state index >= 15 is 0 Å². The van der Waals surface area contributed by atoms with Crippen LogP contribution in [0.5, 0.6) is 0 Å². The van der Waals surface area contributed by atoms with Crippen molar-refractivity contribution in [3.63, 3.8) is 0 Å². The summed E-state index contributed by atoms with van der Waals surface area (Å²) in [7, 11) is 0. The number of rotatable bonds is 8. The van der Waals surface area contributed by atoms with E-state index in [0.717, 1.165) is 25.9 Å². The molecular formula is C21H29N3OS. The van der Waals surface area contributed by atoms with Crippen molar-refractivity contribution in [2.24, 2.45) is 0 Å². The molecule has 0 saturated carbocycles. The van der Waals surface area contributed by atoms with E-state index in [4.69, 9.17) is 0 Å². The summed E-state index contributed by atoms with van der Waals surface area (Å²) < 4.78 is 0. The van der Waals surface area contributed by atoms with E-state index in [-0.39, 0.29) is 12.1 Å². The lowest BCUT2D eigenvalue weighted by Gasteiger charge is -2.27. The van der Waals surface area contributed by atoms with Crippen molar-refractivity contribution in [2.45, 2.75) is 44.7 Å². The molecule has 1 saturated heterocycles. The molecule has 5 heteroatoms. The summed E-state index contributed by atoms with van der Waals surface area (Å²) in [5.74, 6) is 0. The molecular weight excluding hydrogens is 342 g/mol. The van der Waals surface area contributed by atoms with Gasteiger partial charge >= 0.3 is 6.03 Å². The van der Waals surface area contributed by atoms with Crippen molar-refractivity contribution >= 4 is 17.4 Å². The normalized spacial score (nSPS) is 17.0. The quantitative estimate of drug-likeness (QED) is 0.730. The van der Waals surface area contributed by atoms with Crippen LogP contribution in [0.25, 0.3) is 0 Å². The lowest BCUT2D eigenvalue weighted by molar-refractivity contribution is 0.220. The number of aryl methyl sites for hydroxylation is 1. The number of nitrogens with one attached hydrogen (secondary N) is 2. The molecule has 2 atom stereocenters. The number of benzene rings is 1. The number of urea groups is 1. The second-order valence-corrected chi connectivity index (χ2v) is 8.03. The predicted molar refractivity (Wildman–Crippen MR) is 109 cm³/mol. The van der Waals surface area contributed by atoms with Gasteiger partial charge < -0.3 is 10.6 Å². The lowest BCUT2D eigenvalue weighted by Crippen LogP contribution is -2.44. The highest BCUT2D eigenvalue weighted by molar-refractivity contribution is 7.10. The molecule has 0 spiro atoms. The Labute approximate surface area is 160 Å². The van der Waals surface area contributed by atoms with Gasteiger partial charge in [0.2, 0.25) is 0 Å². The first-order valence-electron chi connectivity index (χ1n) is 9.58. The summed E-state index contributed by atoms with van der Waals surface area (Å²) in [6.07, 6.45) is 4.43. The van der Waals surface area contributed by atoms with E-state index in [9.17, 15) is 4.79 Å². The second kappa shape index (κ2) is 9.74. The van der Waals surface area contributed by atoms with Crippen LogP contribution >= 0.6 is 11.3 Å². The zero-order valence-corrected chi connectivity index (χ0v) is 16.3. The Morgan fingerprint density at radius 2 is 1.92 bits per heavy atom. The van der Waals surface area contributed by atoms with Crippen LogP contribution in [0.15, 0.2) is 47.8 Å². The molecule has 2 unspecified atom stereocenters. The minimum Gasteiger partial charge on any atom is -0.336 e. The molecule has 3 rings (SSSR count). The minimum absolute atomic E-state index is 0.0636. The van der Waals surface area contributed by atoms with E-state index in [1.54, 1.807) is 11.3 Å². The Kier molecular flexibility index (Phi) is 7.09. The van der Waals surface area contributed by atoms with Gasteiger partial charge in [-0.15, -0.1) is 11.3 Å². The first-order chi connectivity index (χ1) is 12.7. The molecule has 4 nitrogen and oxygen atoms in total. The third-order valence-electron chi connectivity index (χ3n) is 5.00. The standard InChI is InChI=1S/C21H29N3OS/c1-17(11-12-18-8-3-2-4-9-18)23-21(25)22-16-19(20-10-7-15-26-20)24-13-5-6-14-24/h2-4,7-10,15,17,19H,5-6,11-14,16H2,1H3,(H2,22,23,25). The molecule has 26 heavy (non-hydrogen) atoms. The van der Waals surface area contributed by atoms with Gasteiger partial charge in [0.1, 0.15) is 0 Å². The number of hydrogen-bond donors (Lipinski definition) is 2. The fraction of sp³-hybridized carbons (Fsp3) is 0.476. The molecule has 1 fully saturated rings. The second-order valence-electron chi connectivity index (χ2n) is 7.05. The van der Waals surface area contributed by atoms with Crippen LogP contribution in [0.4, 0.5) is 4.79 Å². The molecule has 1 aliphatic heterocycles. The van der Waals surface area contributed by atoms with Gasteiger partial charge in [-0.1, -0.05) is 36.4 Å². The average molecular weight is 372 g/mol. The van der Waals surface area contributed by atoms with Crippen LogP contribution in [0.2, 0.25) is 0 Å². The smallest absolute Gasteiger partial charge is 0.315 e. The van der Waals surface area contributed by atoms with Crippen LogP contribution < -0.4 is 10.6 Å². The number of nitrogens with zero attached hydrogens (tertiary/aromatic N) is 1. The molecule has 2 N–H and O–H groups in total. The van der Waals surface area contributed by atoms with Crippen LogP contribution in [0.1, 0.15) is 42.7 Å². The molecule has 0 radical (unpaired) electrons. The molecule has 2 heterocycles. The Morgan fingerprint density at radius 3 is 2.62 bits per heavy atom. The highest BCUT2D eigenvalue weighted by Crippen LogP contribution is 2.27. The zero-order valence-electron chi connectivity index (χ0n) is 15.5. The summed E-state index contributed by atoms with van der Waals surface area (Å²) in [6.45, 7) is 4.98. The average Bonchev–Trinajstić information content (AvgIpc) is 3.35. The maximum atomic E-state index is 12.3. The van der Waals surface area contributed by atoms with Gasteiger partial charge in [-0.05, 0) is 62.7 Å². The lowest BCUT2D eigenvalue weighted by atomic mass is 10.1. The number of carbonyl (C=O) groups is 1. The first-order valence-corrected chi connectivity index (χ1v) is 10.5. The maximum Gasteiger partial charge on any atom is 0.315 e. The fourth-order valence-corrected chi connectivity index (χ4v) is 4.37. The molecule has 2 aromatic rings. The number of hydrogen-bond acceptors (Lipinski definition) is 3. The Bertz CT molecular complexity index is 653. The zero-order chi connectivity index (χ0) is 18.2. The maximum absolute atomic E-state index is 12.3. The summed E-state index contributed by atoms with van der Waals surface area (Å²) in [4.78, 5) is 16.1. The van der Waals surface area contributed by atoms with Crippen molar-refractivity contribution in [1.29, 1.82) is 0 Å². The largest absolute Gasteiger partial charge is 0.336 e. The molecule has 1 aliphatic rings. The minimum atomic E-state index is -0.0636. The Balaban J connectivity index is 1.44.